The van der Waals surface area contributed by atoms with Crippen LogP contribution >= 0.6 is 0 Å². The fourth-order valence-electron chi connectivity index (χ4n) is 5.67. The molecular weight excluding hydrogens is 328 g/mol. The van der Waals surface area contributed by atoms with Crippen LogP contribution in [0.4, 0.5) is 17.6 Å². The second-order valence-electron chi connectivity index (χ2n) is 9.31. The summed E-state index contributed by atoms with van der Waals surface area (Å²) in [6, 6.07) is 0. The van der Waals surface area contributed by atoms with Crippen LogP contribution < -0.4 is 0 Å². The standard InChI is InChI=1S/C21H34F4/c1-14-2-5-16(6-3-14)17-7-9-18(10-8-17)21(24,25)13-15-4-11-19(22)20(23)12-15/h14-20H,2-13H2,1H3. The molecule has 0 N–H and O–H groups in total. The average Bonchev–Trinajstić information content (AvgIpc) is 2.59. The molecular formula is C21H34F4. The Kier molecular flexibility index (Phi) is 6.36. The Morgan fingerprint density at radius 2 is 1.28 bits per heavy atom. The molecule has 3 atom stereocenters. The minimum absolute atomic E-state index is 0.0215. The maximum atomic E-state index is 14.7. The fraction of sp³-hybridized carbons (Fsp3) is 1.00. The number of alkyl halides is 4. The van der Waals surface area contributed by atoms with Crippen molar-refractivity contribution in [3.8, 4) is 0 Å². The SMILES string of the molecule is CC1CCC(C2CCC(C(F)(F)CC3CCC(F)C(F)C3)CC2)CC1. The quantitative estimate of drug-likeness (QED) is 0.467. The van der Waals surface area contributed by atoms with Gasteiger partial charge in [0.2, 0.25) is 0 Å². The van der Waals surface area contributed by atoms with Crippen molar-refractivity contribution in [3.63, 3.8) is 0 Å². The van der Waals surface area contributed by atoms with Gasteiger partial charge in [-0.1, -0.05) is 19.8 Å². The Morgan fingerprint density at radius 1 is 0.720 bits per heavy atom. The monoisotopic (exact) mass is 362 g/mol. The minimum Gasteiger partial charge on any atom is -0.244 e. The van der Waals surface area contributed by atoms with Gasteiger partial charge in [-0.05, 0) is 81.5 Å². The molecule has 4 heteroatoms. The fourth-order valence-corrected chi connectivity index (χ4v) is 5.67. The summed E-state index contributed by atoms with van der Waals surface area (Å²) in [6.45, 7) is 2.31. The maximum absolute atomic E-state index is 14.7. The summed E-state index contributed by atoms with van der Waals surface area (Å²) in [4.78, 5) is 0. The summed E-state index contributed by atoms with van der Waals surface area (Å²) < 4.78 is 56.2. The van der Waals surface area contributed by atoms with Gasteiger partial charge in [0, 0.05) is 12.3 Å². The molecule has 3 aliphatic rings. The molecule has 25 heavy (non-hydrogen) atoms. The summed E-state index contributed by atoms with van der Waals surface area (Å²) >= 11 is 0. The van der Waals surface area contributed by atoms with E-state index in [2.05, 4.69) is 6.92 Å². The van der Waals surface area contributed by atoms with Gasteiger partial charge < -0.3 is 0 Å². The highest BCUT2D eigenvalue weighted by molar-refractivity contribution is 4.89. The van der Waals surface area contributed by atoms with Gasteiger partial charge in [-0.25, -0.2) is 17.6 Å². The van der Waals surface area contributed by atoms with Gasteiger partial charge in [0.15, 0.2) is 0 Å². The van der Waals surface area contributed by atoms with Gasteiger partial charge in [-0.15, -0.1) is 0 Å². The van der Waals surface area contributed by atoms with E-state index in [4.69, 9.17) is 0 Å². The Labute approximate surface area is 150 Å². The molecule has 3 rings (SSSR count). The van der Waals surface area contributed by atoms with Crippen molar-refractivity contribution in [1.82, 2.24) is 0 Å². The molecule has 3 saturated carbocycles. The number of hydrogen-bond acceptors (Lipinski definition) is 0. The molecule has 0 heterocycles. The highest BCUT2D eigenvalue weighted by Gasteiger charge is 2.45. The lowest BCUT2D eigenvalue weighted by molar-refractivity contribution is -0.102. The highest BCUT2D eigenvalue weighted by Crippen LogP contribution is 2.47. The van der Waals surface area contributed by atoms with E-state index in [-0.39, 0.29) is 25.2 Å². The normalized spacial score (nSPS) is 43.8. The first-order valence-electron chi connectivity index (χ1n) is 10.5. The summed E-state index contributed by atoms with van der Waals surface area (Å²) in [5.41, 5.74) is 0. The molecule has 0 aromatic heterocycles. The molecule has 0 amide bonds. The first-order chi connectivity index (χ1) is 11.8. The molecule has 0 radical (unpaired) electrons. The lowest BCUT2D eigenvalue weighted by Crippen LogP contribution is -2.37. The number of rotatable bonds is 4. The summed E-state index contributed by atoms with van der Waals surface area (Å²) in [5, 5.41) is 0. The van der Waals surface area contributed by atoms with Crippen LogP contribution in [-0.2, 0) is 0 Å². The van der Waals surface area contributed by atoms with Crippen molar-refractivity contribution < 1.29 is 17.6 Å². The zero-order chi connectivity index (χ0) is 18.0. The van der Waals surface area contributed by atoms with Crippen LogP contribution in [0.2, 0.25) is 0 Å². The van der Waals surface area contributed by atoms with Crippen LogP contribution in [0.3, 0.4) is 0 Å². The van der Waals surface area contributed by atoms with E-state index in [0.29, 0.717) is 25.2 Å². The van der Waals surface area contributed by atoms with E-state index >= 15 is 0 Å². The Hall–Kier alpha value is -0.280. The topological polar surface area (TPSA) is 0 Å². The molecule has 3 aliphatic carbocycles. The molecule has 0 aromatic rings. The molecule has 0 aromatic carbocycles. The van der Waals surface area contributed by atoms with E-state index in [1.165, 1.54) is 25.7 Å². The van der Waals surface area contributed by atoms with Crippen molar-refractivity contribution in [2.24, 2.45) is 29.6 Å². The van der Waals surface area contributed by atoms with Crippen LogP contribution in [0, 0.1) is 29.6 Å². The van der Waals surface area contributed by atoms with Gasteiger partial charge in [0.05, 0.1) is 0 Å². The molecule has 0 bridgehead atoms. The predicted molar refractivity (Wildman–Crippen MR) is 93.3 cm³/mol. The second kappa shape index (κ2) is 8.17. The summed E-state index contributed by atoms with van der Waals surface area (Å²) in [6.07, 6.45) is 5.49. The van der Waals surface area contributed by atoms with E-state index in [0.717, 1.165) is 24.7 Å². The van der Waals surface area contributed by atoms with E-state index < -0.39 is 24.2 Å². The van der Waals surface area contributed by atoms with Crippen LogP contribution in [0.15, 0.2) is 0 Å². The van der Waals surface area contributed by atoms with Gasteiger partial charge in [0.1, 0.15) is 12.3 Å². The summed E-state index contributed by atoms with van der Waals surface area (Å²) in [7, 11) is 0. The molecule has 0 spiro atoms. The van der Waals surface area contributed by atoms with Crippen LogP contribution in [0.25, 0.3) is 0 Å². The van der Waals surface area contributed by atoms with Crippen LogP contribution in [-0.4, -0.2) is 18.3 Å². The number of halogens is 4. The smallest absolute Gasteiger partial charge is 0.244 e. The third-order valence-corrected chi connectivity index (χ3v) is 7.46. The van der Waals surface area contributed by atoms with E-state index in [9.17, 15) is 17.6 Å². The van der Waals surface area contributed by atoms with Gasteiger partial charge >= 0.3 is 0 Å². The van der Waals surface area contributed by atoms with E-state index in [1.54, 1.807) is 0 Å². The lowest BCUT2D eigenvalue weighted by Gasteiger charge is -2.40. The second-order valence-corrected chi connectivity index (χ2v) is 9.31. The summed E-state index contributed by atoms with van der Waals surface area (Å²) in [5.74, 6) is -1.40. The predicted octanol–water partition coefficient (Wildman–Crippen LogP) is 7.12. The largest absolute Gasteiger partial charge is 0.251 e. The van der Waals surface area contributed by atoms with Crippen LogP contribution in [0.5, 0.6) is 0 Å². The Morgan fingerprint density at radius 3 is 1.84 bits per heavy atom. The molecule has 146 valence electrons. The lowest BCUT2D eigenvalue weighted by atomic mass is 9.68. The first-order valence-corrected chi connectivity index (χ1v) is 10.5. The Bertz CT molecular complexity index is 408. The molecule has 0 saturated heterocycles. The molecule has 3 fully saturated rings. The molecule has 3 unspecified atom stereocenters. The molecule has 0 nitrogen and oxygen atoms in total. The zero-order valence-electron chi connectivity index (χ0n) is 15.5. The Balaban J connectivity index is 1.46. The molecule has 0 aliphatic heterocycles. The van der Waals surface area contributed by atoms with Gasteiger partial charge in [-0.2, -0.15) is 0 Å². The van der Waals surface area contributed by atoms with Crippen molar-refractivity contribution >= 4 is 0 Å². The van der Waals surface area contributed by atoms with Crippen molar-refractivity contribution in [2.75, 3.05) is 0 Å². The highest BCUT2D eigenvalue weighted by atomic mass is 19.3. The third kappa shape index (κ3) is 4.91. The van der Waals surface area contributed by atoms with E-state index in [1.807, 2.05) is 0 Å². The van der Waals surface area contributed by atoms with Crippen molar-refractivity contribution in [1.29, 1.82) is 0 Å². The van der Waals surface area contributed by atoms with Gasteiger partial charge in [-0.3, -0.25) is 0 Å². The average molecular weight is 362 g/mol. The van der Waals surface area contributed by atoms with Crippen molar-refractivity contribution in [3.05, 3.63) is 0 Å². The zero-order valence-corrected chi connectivity index (χ0v) is 15.5. The number of hydrogen-bond donors (Lipinski definition) is 0. The van der Waals surface area contributed by atoms with Crippen LogP contribution in [0.1, 0.15) is 84.0 Å². The third-order valence-electron chi connectivity index (χ3n) is 7.46. The van der Waals surface area contributed by atoms with Crippen molar-refractivity contribution in [2.45, 2.75) is 102 Å². The van der Waals surface area contributed by atoms with Gasteiger partial charge in [0.25, 0.3) is 5.92 Å². The maximum Gasteiger partial charge on any atom is 0.251 e. The first kappa shape index (κ1) is 19.5. The minimum atomic E-state index is -2.71.